The van der Waals surface area contributed by atoms with Crippen LogP contribution in [0.5, 0.6) is 23.0 Å². The summed E-state index contributed by atoms with van der Waals surface area (Å²) in [6.45, 7) is 0. The van der Waals surface area contributed by atoms with Crippen molar-refractivity contribution in [3.8, 4) is 45.3 Å². The van der Waals surface area contributed by atoms with Crippen molar-refractivity contribution in [2.45, 2.75) is 0 Å². The second-order valence-corrected chi connectivity index (χ2v) is 11.9. The summed E-state index contributed by atoms with van der Waals surface area (Å²) in [5, 5.41) is 4.87. The van der Waals surface area contributed by atoms with E-state index in [0.717, 1.165) is 34.1 Å². The van der Waals surface area contributed by atoms with Gasteiger partial charge in [0.05, 0.1) is 0 Å². The maximum Gasteiger partial charge on any atom is 0.127 e. The van der Waals surface area contributed by atoms with E-state index in [-0.39, 0.29) is 0 Å². The van der Waals surface area contributed by atoms with Gasteiger partial charge in [0.25, 0.3) is 0 Å². The molecule has 0 aliphatic carbocycles. The predicted octanol–water partition coefficient (Wildman–Crippen LogP) is 13.1. The second-order valence-electron chi connectivity index (χ2n) is 11.9. The van der Waals surface area contributed by atoms with Crippen molar-refractivity contribution in [3.63, 3.8) is 0 Å². The van der Waals surface area contributed by atoms with Gasteiger partial charge in [-0.15, -0.1) is 0 Å². The third-order valence-electron chi connectivity index (χ3n) is 8.53. The summed E-state index contributed by atoms with van der Waals surface area (Å²) in [5.41, 5.74) is 7.05. The van der Waals surface area contributed by atoms with Crippen LogP contribution in [0.1, 0.15) is 11.1 Å². The minimum Gasteiger partial charge on any atom is -0.457 e. The maximum atomic E-state index is 5.96. The lowest BCUT2D eigenvalue weighted by molar-refractivity contribution is 0.482. The molecule has 8 rings (SSSR count). The normalized spacial score (nSPS) is 11.2. The Hall–Kier alpha value is -6.38. The zero-order valence-electron chi connectivity index (χ0n) is 26.3. The highest BCUT2D eigenvalue weighted by Crippen LogP contribution is 2.31. The Labute approximate surface area is 280 Å². The summed E-state index contributed by atoms with van der Waals surface area (Å²) in [4.78, 5) is 0. The SMILES string of the molecule is C(=C\c1ccc2cc(-c3ccc(Oc4ccccc4)cc3)ccc2c1)/c1ccc2cc(-c3ccc(Oc4ccccc4)cc3)ccc2c1. The molecule has 0 radical (unpaired) electrons. The Bertz CT molecular complexity index is 2190. The number of rotatable bonds is 8. The van der Waals surface area contributed by atoms with E-state index < -0.39 is 0 Å². The molecule has 0 spiro atoms. The number of benzene rings is 8. The third kappa shape index (κ3) is 6.60. The van der Waals surface area contributed by atoms with Crippen molar-refractivity contribution in [1.29, 1.82) is 0 Å². The summed E-state index contributed by atoms with van der Waals surface area (Å²) < 4.78 is 11.9. The molecule has 0 atom stereocenters. The molecule has 8 aromatic carbocycles. The van der Waals surface area contributed by atoms with Crippen LogP contribution in [0.25, 0.3) is 56.0 Å². The van der Waals surface area contributed by atoms with E-state index in [4.69, 9.17) is 9.47 Å². The minimum atomic E-state index is 0.829. The molecule has 0 saturated heterocycles. The zero-order chi connectivity index (χ0) is 32.1. The van der Waals surface area contributed by atoms with E-state index in [1.807, 2.05) is 84.9 Å². The first-order chi connectivity index (χ1) is 23.7. The van der Waals surface area contributed by atoms with Crippen LogP contribution in [0.3, 0.4) is 0 Å². The maximum absolute atomic E-state index is 5.96. The number of fused-ring (bicyclic) bond motifs is 2. The van der Waals surface area contributed by atoms with E-state index in [1.54, 1.807) is 0 Å². The molecule has 0 aliphatic rings. The van der Waals surface area contributed by atoms with Gasteiger partial charge in [-0.2, -0.15) is 0 Å². The summed E-state index contributed by atoms with van der Waals surface area (Å²) in [7, 11) is 0. The monoisotopic (exact) mass is 616 g/mol. The quantitative estimate of drug-likeness (QED) is 0.158. The smallest absolute Gasteiger partial charge is 0.127 e. The average molecular weight is 617 g/mol. The second kappa shape index (κ2) is 13.2. The lowest BCUT2D eigenvalue weighted by Crippen LogP contribution is -1.85. The third-order valence-corrected chi connectivity index (χ3v) is 8.53. The highest BCUT2D eigenvalue weighted by atomic mass is 16.5. The lowest BCUT2D eigenvalue weighted by atomic mass is 9.99. The highest BCUT2D eigenvalue weighted by molar-refractivity contribution is 5.92. The largest absolute Gasteiger partial charge is 0.457 e. The molecule has 2 nitrogen and oxygen atoms in total. The molecule has 0 N–H and O–H groups in total. The van der Waals surface area contributed by atoms with Crippen molar-refractivity contribution < 1.29 is 9.47 Å². The molecule has 0 saturated carbocycles. The highest BCUT2D eigenvalue weighted by Gasteiger charge is 2.05. The number of para-hydroxylation sites is 2. The van der Waals surface area contributed by atoms with E-state index in [1.165, 1.54) is 43.8 Å². The van der Waals surface area contributed by atoms with Crippen molar-refractivity contribution >= 4 is 33.7 Å². The van der Waals surface area contributed by atoms with Gasteiger partial charge in [-0.1, -0.05) is 121 Å². The van der Waals surface area contributed by atoms with Gasteiger partial charge in [0, 0.05) is 0 Å². The van der Waals surface area contributed by atoms with Crippen LogP contribution in [0.15, 0.2) is 182 Å². The molecule has 0 aliphatic heterocycles. The molecule has 0 heterocycles. The van der Waals surface area contributed by atoms with Gasteiger partial charge < -0.3 is 9.47 Å². The topological polar surface area (TPSA) is 18.5 Å². The molecule has 0 unspecified atom stereocenters. The summed E-state index contributed by atoms with van der Waals surface area (Å²) >= 11 is 0. The van der Waals surface area contributed by atoms with Gasteiger partial charge in [-0.05, 0) is 128 Å². The van der Waals surface area contributed by atoms with Crippen LogP contribution < -0.4 is 9.47 Å². The summed E-state index contributed by atoms with van der Waals surface area (Å²) in [6, 6.07) is 62.8. The van der Waals surface area contributed by atoms with Gasteiger partial charge in [0.15, 0.2) is 0 Å². The van der Waals surface area contributed by atoms with Crippen LogP contribution in [-0.2, 0) is 0 Å². The van der Waals surface area contributed by atoms with E-state index >= 15 is 0 Å². The fourth-order valence-electron chi connectivity index (χ4n) is 5.97. The Morgan fingerprint density at radius 3 is 1.02 bits per heavy atom. The minimum absolute atomic E-state index is 0.829. The van der Waals surface area contributed by atoms with E-state index in [2.05, 4.69) is 109 Å². The summed E-state index contributed by atoms with van der Waals surface area (Å²) in [5.74, 6) is 3.33. The Morgan fingerprint density at radius 1 is 0.271 bits per heavy atom. The van der Waals surface area contributed by atoms with Crippen LogP contribution in [0, 0.1) is 0 Å². The molecule has 0 aromatic heterocycles. The number of hydrogen-bond acceptors (Lipinski definition) is 2. The Balaban J connectivity index is 0.943. The first-order valence-corrected chi connectivity index (χ1v) is 16.1. The van der Waals surface area contributed by atoms with Gasteiger partial charge in [-0.3, -0.25) is 0 Å². The van der Waals surface area contributed by atoms with E-state index in [0.29, 0.717) is 0 Å². The predicted molar refractivity (Wildman–Crippen MR) is 201 cm³/mol. The Morgan fingerprint density at radius 2 is 0.604 bits per heavy atom. The number of hydrogen-bond donors (Lipinski definition) is 0. The van der Waals surface area contributed by atoms with Crippen molar-refractivity contribution in [1.82, 2.24) is 0 Å². The molecule has 0 bridgehead atoms. The molecule has 0 fully saturated rings. The molecular weight excluding hydrogens is 585 g/mol. The van der Waals surface area contributed by atoms with Gasteiger partial charge in [0.2, 0.25) is 0 Å². The molecule has 228 valence electrons. The van der Waals surface area contributed by atoms with Gasteiger partial charge >= 0.3 is 0 Å². The lowest BCUT2D eigenvalue weighted by Gasteiger charge is -2.08. The number of ether oxygens (including phenoxy) is 2. The fraction of sp³-hybridized carbons (Fsp3) is 0. The van der Waals surface area contributed by atoms with Crippen LogP contribution in [-0.4, -0.2) is 0 Å². The summed E-state index contributed by atoms with van der Waals surface area (Å²) in [6.07, 6.45) is 4.38. The molecular formula is C46H32O2. The van der Waals surface area contributed by atoms with Crippen LogP contribution >= 0.6 is 0 Å². The standard InChI is InChI=1S/C46H32O2/c1-3-7-43(8-4-1)47-45-25-21-35(22-26-45)39-19-17-37-29-33(13-15-41(37)31-39)11-12-34-14-16-42-32-40(20-18-38(42)30-34)36-23-27-46(28-24-36)48-44-9-5-2-6-10-44/h1-32H/b12-11+. The van der Waals surface area contributed by atoms with Crippen LogP contribution in [0.4, 0.5) is 0 Å². The molecule has 8 aromatic rings. The van der Waals surface area contributed by atoms with Gasteiger partial charge in [-0.25, -0.2) is 0 Å². The van der Waals surface area contributed by atoms with Crippen molar-refractivity contribution in [2.24, 2.45) is 0 Å². The Kier molecular flexibility index (Phi) is 7.96. The average Bonchev–Trinajstić information content (AvgIpc) is 3.15. The first kappa shape index (κ1) is 29.1. The first-order valence-electron chi connectivity index (χ1n) is 16.1. The molecule has 0 amide bonds. The molecule has 2 heteroatoms. The van der Waals surface area contributed by atoms with Crippen molar-refractivity contribution in [3.05, 3.63) is 193 Å². The van der Waals surface area contributed by atoms with Crippen molar-refractivity contribution in [2.75, 3.05) is 0 Å². The van der Waals surface area contributed by atoms with Crippen LogP contribution in [0.2, 0.25) is 0 Å². The zero-order valence-corrected chi connectivity index (χ0v) is 26.3. The van der Waals surface area contributed by atoms with E-state index in [9.17, 15) is 0 Å². The van der Waals surface area contributed by atoms with Gasteiger partial charge in [0.1, 0.15) is 23.0 Å². The fourth-order valence-corrected chi connectivity index (χ4v) is 5.97. The molecule has 48 heavy (non-hydrogen) atoms.